The predicted molar refractivity (Wildman–Crippen MR) is 54.7 cm³/mol. The second-order valence-electron chi connectivity index (χ2n) is 4.13. The van der Waals surface area contributed by atoms with Gasteiger partial charge in [0, 0.05) is 18.1 Å². The van der Waals surface area contributed by atoms with Crippen molar-refractivity contribution in [2.45, 2.75) is 58.8 Å². The molecule has 3 heteroatoms. The van der Waals surface area contributed by atoms with Gasteiger partial charge in [-0.05, 0) is 34.6 Å². The first kappa shape index (κ1) is 12.9. The first-order valence-electron chi connectivity index (χ1n) is 4.98. The highest BCUT2D eigenvalue weighted by Crippen LogP contribution is 2.13. The molecule has 0 saturated carbocycles. The van der Waals surface area contributed by atoms with Gasteiger partial charge in [-0.1, -0.05) is 0 Å². The Balaban J connectivity index is 4.36. The number of aliphatic hydroxyl groups excluding tert-OH is 2. The molecule has 13 heavy (non-hydrogen) atoms. The van der Waals surface area contributed by atoms with Crippen LogP contribution in [0.5, 0.6) is 0 Å². The maximum Gasteiger partial charge on any atom is 0.0923 e. The molecule has 0 aliphatic rings. The summed E-state index contributed by atoms with van der Waals surface area (Å²) in [6.45, 7) is 10.2. The second-order valence-corrected chi connectivity index (χ2v) is 4.13. The number of rotatable bonds is 5. The first-order valence-corrected chi connectivity index (χ1v) is 4.98. The van der Waals surface area contributed by atoms with Crippen molar-refractivity contribution >= 4 is 0 Å². The molecule has 0 aliphatic carbocycles. The number of nitrogens with zero attached hydrogens (tertiary/aromatic N) is 1. The molecule has 0 fully saturated rings. The van der Waals surface area contributed by atoms with Gasteiger partial charge >= 0.3 is 0 Å². The summed E-state index contributed by atoms with van der Waals surface area (Å²) >= 11 is 0. The largest absolute Gasteiger partial charge is 0.394 e. The molecule has 0 unspecified atom stereocenters. The van der Waals surface area contributed by atoms with Crippen molar-refractivity contribution in [2.75, 3.05) is 6.61 Å². The molecule has 80 valence electrons. The van der Waals surface area contributed by atoms with Crippen LogP contribution < -0.4 is 0 Å². The maximum absolute atomic E-state index is 9.50. The average Bonchev–Trinajstić information content (AvgIpc) is 2.01. The van der Waals surface area contributed by atoms with E-state index >= 15 is 0 Å². The van der Waals surface area contributed by atoms with Gasteiger partial charge in [0.1, 0.15) is 0 Å². The van der Waals surface area contributed by atoms with E-state index in [0.29, 0.717) is 12.1 Å². The second kappa shape index (κ2) is 5.58. The molecule has 0 spiro atoms. The smallest absolute Gasteiger partial charge is 0.0923 e. The van der Waals surface area contributed by atoms with Crippen LogP contribution >= 0.6 is 0 Å². The third kappa shape index (κ3) is 3.63. The first-order chi connectivity index (χ1) is 5.91. The molecule has 0 heterocycles. The van der Waals surface area contributed by atoms with Crippen LogP contribution in [0.2, 0.25) is 0 Å². The van der Waals surface area contributed by atoms with Crippen molar-refractivity contribution in [2.24, 2.45) is 0 Å². The van der Waals surface area contributed by atoms with E-state index in [0.717, 1.165) is 0 Å². The van der Waals surface area contributed by atoms with E-state index in [-0.39, 0.29) is 12.6 Å². The maximum atomic E-state index is 9.50. The zero-order valence-electron chi connectivity index (χ0n) is 9.36. The Bertz CT molecular complexity index is 129. The summed E-state index contributed by atoms with van der Waals surface area (Å²) in [7, 11) is 0. The highest BCUT2D eigenvalue weighted by atomic mass is 16.3. The summed E-state index contributed by atoms with van der Waals surface area (Å²) in [6.07, 6.45) is -0.648. The fourth-order valence-corrected chi connectivity index (χ4v) is 1.89. The van der Waals surface area contributed by atoms with Gasteiger partial charge in [-0.3, -0.25) is 4.90 Å². The van der Waals surface area contributed by atoms with E-state index in [9.17, 15) is 5.11 Å². The Kier molecular flexibility index (Phi) is 5.53. The molecule has 0 aliphatic heterocycles. The molecule has 0 aromatic rings. The summed E-state index contributed by atoms with van der Waals surface area (Å²) < 4.78 is 0. The molecular weight excluding hydrogens is 166 g/mol. The molecule has 0 radical (unpaired) electrons. The van der Waals surface area contributed by atoms with Gasteiger partial charge in [-0.15, -0.1) is 0 Å². The lowest BCUT2D eigenvalue weighted by Gasteiger charge is -2.38. The Labute approximate surface area is 81.4 Å². The van der Waals surface area contributed by atoms with Crippen LogP contribution in [0.25, 0.3) is 0 Å². The van der Waals surface area contributed by atoms with Crippen LogP contribution in [0.4, 0.5) is 0 Å². The predicted octanol–water partition coefficient (Wildman–Crippen LogP) is 0.847. The van der Waals surface area contributed by atoms with Gasteiger partial charge in [0.15, 0.2) is 0 Å². The third-order valence-electron chi connectivity index (χ3n) is 2.41. The average molecular weight is 189 g/mol. The summed E-state index contributed by atoms with van der Waals surface area (Å²) in [5.74, 6) is 0. The quantitative estimate of drug-likeness (QED) is 0.674. The summed E-state index contributed by atoms with van der Waals surface area (Å²) in [4.78, 5) is 2.20. The zero-order chi connectivity index (χ0) is 10.6. The molecule has 0 aromatic heterocycles. The van der Waals surface area contributed by atoms with Gasteiger partial charge in [-0.25, -0.2) is 0 Å². The lowest BCUT2D eigenvalue weighted by atomic mass is 10.1. The van der Waals surface area contributed by atoms with Gasteiger partial charge in [0.25, 0.3) is 0 Å². The van der Waals surface area contributed by atoms with E-state index in [4.69, 9.17) is 5.11 Å². The van der Waals surface area contributed by atoms with Gasteiger partial charge in [-0.2, -0.15) is 0 Å². The Morgan fingerprint density at radius 2 is 1.38 bits per heavy atom. The zero-order valence-corrected chi connectivity index (χ0v) is 9.36. The van der Waals surface area contributed by atoms with E-state index in [1.165, 1.54) is 0 Å². The Morgan fingerprint density at radius 1 is 1.00 bits per heavy atom. The molecule has 0 amide bonds. The van der Waals surface area contributed by atoms with Crippen molar-refractivity contribution in [1.29, 1.82) is 0 Å². The van der Waals surface area contributed by atoms with Crippen LogP contribution in [0.15, 0.2) is 0 Å². The van der Waals surface area contributed by atoms with Gasteiger partial charge in [0.05, 0.1) is 12.7 Å². The number of aliphatic hydroxyl groups is 2. The lowest BCUT2D eigenvalue weighted by Crippen LogP contribution is -2.50. The normalized spacial score (nSPS) is 17.1. The summed E-state index contributed by atoms with van der Waals surface area (Å²) in [6, 6.07) is 0.775. The fourth-order valence-electron chi connectivity index (χ4n) is 1.89. The number of hydrogen-bond donors (Lipinski definition) is 2. The summed E-state index contributed by atoms with van der Waals surface area (Å²) in [5.41, 5.74) is 0. The fraction of sp³-hybridized carbons (Fsp3) is 1.00. The molecule has 2 atom stereocenters. The molecule has 0 aromatic carbocycles. The van der Waals surface area contributed by atoms with Crippen LogP contribution in [-0.4, -0.2) is 45.9 Å². The van der Waals surface area contributed by atoms with E-state index in [1.807, 2.05) is 6.92 Å². The minimum Gasteiger partial charge on any atom is -0.394 e. The van der Waals surface area contributed by atoms with Crippen LogP contribution in [0.3, 0.4) is 0 Å². The lowest BCUT2D eigenvalue weighted by molar-refractivity contribution is -0.00699. The SMILES string of the molecule is CC(C)N(C(C)C)[C@@H](C)[C@@H](O)CO. The molecule has 0 bridgehead atoms. The van der Waals surface area contributed by atoms with Crippen molar-refractivity contribution in [3.05, 3.63) is 0 Å². The van der Waals surface area contributed by atoms with Gasteiger partial charge in [0.2, 0.25) is 0 Å². The third-order valence-corrected chi connectivity index (χ3v) is 2.41. The molecular formula is C10H23NO2. The summed E-state index contributed by atoms with van der Waals surface area (Å²) in [5, 5.41) is 18.3. The monoisotopic (exact) mass is 189 g/mol. The van der Waals surface area contributed by atoms with E-state index < -0.39 is 6.10 Å². The van der Waals surface area contributed by atoms with Crippen LogP contribution in [-0.2, 0) is 0 Å². The molecule has 3 nitrogen and oxygen atoms in total. The molecule has 2 N–H and O–H groups in total. The highest BCUT2D eigenvalue weighted by Gasteiger charge is 2.25. The standard InChI is InChI=1S/C10H23NO2/c1-7(2)11(8(3)4)9(5)10(13)6-12/h7-10,12-13H,6H2,1-5H3/t9-,10-/m0/s1. The van der Waals surface area contributed by atoms with Crippen molar-refractivity contribution in [1.82, 2.24) is 4.90 Å². The Hall–Kier alpha value is -0.120. The van der Waals surface area contributed by atoms with Gasteiger partial charge < -0.3 is 10.2 Å². The van der Waals surface area contributed by atoms with Crippen LogP contribution in [0, 0.1) is 0 Å². The Morgan fingerprint density at radius 3 is 1.62 bits per heavy atom. The van der Waals surface area contributed by atoms with Crippen LogP contribution in [0.1, 0.15) is 34.6 Å². The van der Waals surface area contributed by atoms with Crippen molar-refractivity contribution in [3.63, 3.8) is 0 Å². The highest BCUT2D eigenvalue weighted by molar-refractivity contribution is 4.79. The topological polar surface area (TPSA) is 43.7 Å². The number of hydrogen-bond acceptors (Lipinski definition) is 3. The minimum absolute atomic E-state index is 0.00463. The van der Waals surface area contributed by atoms with E-state index in [1.54, 1.807) is 0 Å². The minimum atomic E-state index is -0.648. The van der Waals surface area contributed by atoms with Crippen molar-refractivity contribution < 1.29 is 10.2 Å². The van der Waals surface area contributed by atoms with E-state index in [2.05, 4.69) is 32.6 Å². The van der Waals surface area contributed by atoms with Crippen molar-refractivity contribution in [3.8, 4) is 0 Å². The molecule has 0 rings (SSSR count). The molecule has 0 saturated heterocycles.